The van der Waals surface area contributed by atoms with Gasteiger partial charge in [-0.3, -0.25) is 4.79 Å². The van der Waals surface area contributed by atoms with Gasteiger partial charge in [0.1, 0.15) is 0 Å². The lowest BCUT2D eigenvalue weighted by Crippen LogP contribution is -2.34. The van der Waals surface area contributed by atoms with Crippen LogP contribution in [0, 0.1) is 11.8 Å². The van der Waals surface area contributed by atoms with Crippen LogP contribution in [-0.4, -0.2) is 37.3 Å². The summed E-state index contributed by atoms with van der Waals surface area (Å²) in [7, 11) is 0. The molecule has 0 aliphatic carbocycles. The van der Waals surface area contributed by atoms with E-state index in [0.29, 0.717) is 5.92 Å². The number of nitrogens with one attached hydrogen (secondary N) is 2. The van der Waals surface area contributed by atoms with Crippen LogP contribution in [0.3, 0.4) is 0 Å². The van der Waals surface area contributed by atoms with Crippen LogP contribution in [0.4, 0.5) is 0 Å². The Labute approximate surface area is 97.8 Å². The molecule has 1 fully saturated rings. The molecule has 1 aliphatic heterocycles. The quantitative estimate of drug-likeness (QED) is 0.556. The Kier molecular flexibility index (Phi) is 6.42. The first-order valence-electron chi connectivity index (χ1n) is 6.35. The van der Waals surface area contributed by atoms with Gasteiger partial charge in [0.15, 0.2) is 0 Å². The van der Waals surface area contributed by atoms with Gasteiger partial charge < -0.3 is 15.7 Å². The van der Waals surface area contributed by atoms with Gasteiger partial charge in [0, 0.05) is 19.7 Å². The zero-order valence-corrected chi connectivity index (χ0v) is 10.2. The number of amides is 1. The van der Waals surface area contributed by atoms with Crippen molar-refractivity contribution in [2.75, 3.05) is 26.2 Å². The van der Waals surface area contributed by atoms with E-state index < -0.39 is 0 Å². The van der Waals surface area contributed by atoms with Gasteiger partial charge >= 0.3 is 0 Å². The molecule has 0 bridgehead atoms. The van der Waals surface area contributed by atoms with E-state index >= 15 is 0 Å². The second kappa shape index (κ2) is 7.63. The Morgan fingerprint density at radius 2 is 2.06 bits per heavy atom. The molecule has 0 aromatic rings. The molecule has 1 rings (SSSR count). The Morgan fingerprint density at radius 1 is 1.31 bits per heavy atom. The SMILES string of the molecule is C[C@@H]1CNC[C@H]1C(=O)NCCCCCCO. The number of aliphatic hydroxyl groups excluding tert-OH is 1. The summed E-state index contributed by atoms with van der Waals surface area (Å²) in [6.07, 6.45) is 4.02. The number of carbonyl (C=O) groups excluding carboxylic acids is 1. The molecule has 0 unspecified atom stereocenters. The van der Waals surface area contributed by atoms with Gasteiger partial charge in [-0.2, -0.15) is 0 Å². The lowest BCUT2D eigenvalue weighted by molar-refractivity contribution is -0.125. The lowest BCUT2D eigenvalue weighted by atomic mass is 9.97. The summed E-state index contributed by atoms with van der Waals surface area (Å²) in [4.78, 5) is 11.8. The first-order valence-corrected chi connectivity index (χ1v) is 6.35. The van der Waals surface area contributed by atoms with Crippen LogP contribution in [0.1, 0.15) is 32.6 Å². The maximum atomic E-state index is 11.8. The Morgan fingerprint density at radius 3 is 2.69 bits per heavy atom. The van der Waals surface area contributed by atoms with Gasteiger partial charge in [-0.25, -0.2) is 0 Å². The van der Waals surface area contributed by atoms with Gasteiger partial charge in [0.05, 0.1) is 5.92 Å². The molecule has 1 amide bonds. The van der Waals surface area contributed by atoms with Crippen molar-refractivity contribution in [1.82, 2.24) is 10.6 Å². The van der Waals surface area contributed by atoms with Crippen LogP contribution in [0.25, 0.3) is 0 Å². The van der Waals surface area contributed by atoms with Crippen molar-refractivity contribution in [3.05, 3.63) is 0 Å². The first-order chi connectivity index (χ1) is 7.75. The van der Waals surface area contributed by atoms with Gasteiger partial charge in [0.2, 0.25) is 5.91 Å². The van der Waals surface area contributed by atoms with Crippen LogP contribution < -0.4 is 10.6 Å². The van der Waals surface area contributed by atoms with E-state index in [9.17, 15) is 4.79 Å². The second-order valence-electron chi connectivity index (χ2n) is 4.67. The van der Waals surface area contributed by atoms with E-state index in [-0.39, 0.29) is 18.4 Å². The monoisotopic (exact) mass is 228 g/mol. The highest BCUT2D eigenvalue weighted by Crippen LogP contribution is 2.15. The minimum absolute atomic E-state index is 0.150. The average molecular weight is 228 g/mol. The molecule has 0 aromatic carbocycles. The molecule has 0 saturated carbocycles. The maximum Gasteiger partial charge on any atom is 0.224 e. The minimum Gasteiger partial charge on any atom is -0.396 e. The van der Waals surface area contributed by atoms with Crippen molar-refractivity contribution in [2.45, 2.75) is 32.6 Å². The number of unbranched alkanes of at least 4 members (excludes halogenated alkanes) is 3. The third kappa shape index (κ3) is 4.49. The molecule has 2 atom stereocenters. The second-order valence-corrected chi connectivity index (χ2v) is 4.67. The predicted molar refractivity (Wildman–Crippen MR) is 64.1 cm³/mol. The van der Waals surface area contributed by atoms with E-state index in [2.05, 4.69) is 17.6 Å². The van der Waals surface area contributed by atoms with Crippen molar-refractivity contribution in [3.63, 3.8) is 0 Å². The summed E-state index contributed by atoms with van der Waals surface area (Å²) >= 11 is 0. The summed E-state index contributed by atoms with van der Waals surface area (Å²) < 4.78 is 0. The van der Waals surface area contributed by atoms with Gasteiger partial charge in [-0.15, -0.1) is 0 Å². The minimum atomic E-state index is 0.150. The van der Waals surface area contributed by atoms with Crippen molar-refractivity contribution < 1.29 is 9.90 Å². The third-order valence-corrected chi connectivity index (χ3v) is 3.24. The molecular formula is C12H24N2O2. The van der Waals surface area contributed by atoms with Crippen LogP contribution >= 0.6 is 0 Å². The predicted octanol–water partition coefficient (Wildman–Crippen LogP) is 0.511. The normalized spacial score (nSPS) is 24.6. The molecule has 0 spiro atoms. The van der Waals surface area contributed by atoms with E-state index in [1.807, 2.05) is 0 Å². The van der Waals surface area contributed by atoms with Gasteiger partial charge in [-0.1, -0.05) is 19.8 Å². The molecule has 1 aliphatic rings. The van der Waals surface area contributed by atoms with E-state index in [1.54, 1.807) is 0 Å². The third-order valence-electron chi connectivity index (χ3n) is 3.24. The number of rotatable bonds is 7. The molecule has 3 N–H and O–H groups in total. The summed E-state index contributed by atoms with van der Waals surface area (Å²) in [6, 6.07) is 0. The van der Waals surface area contributed by atoms with Gasteiger partial charge in [0.25, 0.3) is 0 Å². The van der Waals surface area contributed by atoms with Crippen molar-refractivity contribution in [2.24, 2.45) is 11.8 Å². The Hall–Kier alpha value is -0.610. The largest absolute Gasteiger partial charge is 0.396 e. The van der Waals surface area contributed by atoms with Crippen LogP contribution in [0.15, 0.2) is 0 Å². The van der Waals surface area contributed by atoms with Crippen LogP contribution in [0.5, 0.6) is 0 Å². The maximum absolute atomic E-state index is 11.8. The molecule has 1 saturated heterocycles. The lowest BCUT2D eigenvalue weighted by Gasteiger charge is -2.13. The molecule has 4 heteroatoms. The standard InChI is InChI=1S/C12H24N2O2/c1-10-8-13-9-11(10)12(16)14-6-4-2-3-5-7-15/h10-11,13,15H,2-9H2,1H3,(H,14,16)/t10-,11-/m1/s1. The van der Waals surface area contributed by atoms with Crippen LogP contribution in [0.2, 0.25) is 0 Å². The first kappa shape index (κ1) is 13.5. The summed E-state index contributed by atoms with van der Waals surface area (Å²) in [5, 5.41) is 14.8. The van der Waals surface area contributed by atoms with Crippen LogP contribution in [-0.2, 0) is 4.79 Å². The van der Waals surface area contributed by atoms with Crippen molar-refractivity contribution >= 4 is 5.91 Å². The molecule has 0 radical (unpaired) electrons. The average Bonchev–Trinajstić information content (AvgIpc) is 2.69. The zero-order chi connectivity index (χ0) is 11.8. The van der Waals surface area contributed by atoms with Crippen molar-refractivity contribution in [3.8, 4) is 0 Å². The number of carbonyl (C=O) groups is 1. The molecule has 0 aromatic heterocycles. The summed E-state index contributed by atoms with van der Waals surface area (Å²) in [5.41, 5.74) is 0. The fourth-order valence-electron chi connectivity index (χ4n) is 2.09. The molecule has 1 heterocycles. The van der Waals surface area contributed by atoms with E-state index in [0.717, 1.165) is 45.3 Å². The van der Waals surface area contributed by atoms with Crippen molar-refractivity contribution in [1.29, 1.82) is 0 Å². The Bertz CT molecular complexity index is 209. The number of aliphatic hydroxyl groups is 1. The summed E-state index contributed by atoms with van der Waals surface area (Å²) in [5.74, 6) is 0.798. The highest BCUT2D eigenvalue weighted by Gasteiger charge is 2.28. The molecule has 94 valence electrons. The van der Waals surface area contributed by atoms with E-state index in [4.69, 9.17) is 5.11 Å². The number of hydrogen-bond acceptors (Lipinski definition) is 3. The highest BCUT2D eigenvalue weighted by molar-refractivity contribution is 5.79. The highest BCUT2D eigenvalue weighted by atomic mass is 16.2. The fraction of sp³-hybridized carbons (Fsp3) is 0.917. The Balaban J connectivity index is 2.02. The number of hydrogen-bond donors (Lipinski definition) is 3. The smallest absolute Gasteiger partial charge is 0.224 e. The fourth-order valence-corrected chi connectivity index (χ4v) is 2.09. The summed E-state index contributed by atoms with van der Waals surface area (Å²) in [6.45, 7) is 4.93. The molecule has 4 nitrogen and oxygen atoms in total. The molecule has 16 heavy (non-hydrogen) atoms. The zero-order valence-electron chi connectivity index (χ0n) is 10.2. The topological polar surface area (TPSA) is 61.4 Å². The van der Waals surface area contributed by atoms with E-state index in [1.165, 1.54) is 0 Å². The molecular weight excluding hydrogens is 204 g/mol. The van der Waals surface area contributed by atoms with Gasteiger partial charge in [-0.05, 0) is 25.3 Å².